The van der Waals surface area contributed by atoms with Crippen molar-refractivity contribution < 1.29 is 18.9 Å². The normalized spacial score (nSPS) is 13.1. The molecule has 0 unspecified atom stereocenters. The van der Waals surface area contributed by atoms with E-state index in [9.17, 15) is 0 Å². The summed E-state index contributed by atoms with van der Waals surface area (Å²) in [7, 11) is 3.25. The van der Waals surface area contributed by atoms with Gasteiger partial charge in [-0.1, -0.05) is 6.07 Å². The molecular formula is C17H16N2O4. The number of methoxy groups -OCH3 is 2. The molecule has 0 bridgehead atoms. The molecule has 118 valence electrons. The number of imidazole rings is 1. The molecule has 6 heteroatoms. The summed E-state index contributed by atoms with van der Waals surface area (Å²) in [6, 6.07) is 9.42. The van der Waals surface area contributed by atoms with Gasteiger partial charge in [0.15, 0.2) is 11.5 Å². The molecule has 0 saturated heterocycles. The van der Waals surface area contributed by atoms with Gasteiger partial charge in [0, 0.05) is 12.1 Å². The zero-order chi connectivity index (χ0) is 15.8. The highest BCUT2D eigenvalue weighted by Gasteiger charge is 2.19. The molecule has 23 heavy (non-hydrogen) atoms. The number of hydrogen-bond acceptors (Lipinski definition) is 5. The van der Waals surface area contributed by atoms with Gasteiger partial charge in [0.25, 0.3) is 0 Å². The van der Waals surface area contributed by atoms with Crippen LogP contribution >= 0.6 is 0 Å². The van der Waals surface area contributed by atoms with Gasteiger partial charge >= 0.3 is 0 Å². The SMILES string of the molecule is COc1cccc(OC)c1-c1nc2cc3c(cc2[nH]1)OCCO3. The van der Waals surface area contributed by atoms with Gasteiger partial charge in [0.1, 0.15) is 36.1 Å². The second-order valence-corrected chi connectivity index (χ2v) is 5.14. The lowest BCUT2D eigenvalue weighted by molar-refractivity contribution is 0.172. The quantitative estimate of drug-likeness (QED) is 0.805. The predicted octanol–water partition coefficient (Wildman–Crippen LogP) is 3.02. The number of rotatable bonds is 3. The first-order valence-electron chi connectivity index (χ1n) is 7.31. The molecule has 2 aromatic carbocycles. The molecule has 1 N–H and O–H groups in total. The Morgan fingerprint density at radius 2 is 1.65 bits per heavy atom. The summed E-state index contributed by atoms with van der Waals surface area (Å²) in [5.74, 6) is 3.51. The lowest BCUT2D eigenvalue weighted by atomic mass is 10.1. The molecule has 4 rings (SSSR count). The monoisotopic (exact) mass is 312 g/mol. The molecule has 3 aromatic rings. The molecule has 2 heterocycles. The van der Waals surface area contributed by atoms with Gasteiger partial charge in [0.05, 0.1) is 25.3 Å². The molecule has 1 aliphatic rings. The average molecular weight is 312 g/mol. The van der Waals surface area contributed by atoms with E-state index in [0.717, 1.165) is 22.3 Å². The molecule has 1 aliphatic heterocycles. The van der Waals surface area contributed by atoms with Crippen LogP contribution in [0.5, 0.6) is 23.0 Å². The summed E-state index contributed by atoms with van der Waals surface area (Å²) in [5, 5.41) is 0. The van der Waals surface area contributed by atoms with Gasteiger partial charge in [0.2, 0.25) is 0 Å². The molecule has 0 radical (unpaired) electrons. The van der Waals surface area contributed by atoms with Crippen molar-refractivity contribution in [3.8, 4) is 34.4 Å². The van der Waals surface area contributed by atoms with Crippen molar-refractivity contribution in [2.24, 2.45) is 0 Å². The molecule has 0 aliphatic carbocycles. The standard InChI is InChI=1S/C17H16N2O4/c1-20-12-4-3-5-13(21-2)16(12)17-18-10-8-14-15(9-11(10)19-17)23-7-6-22-14/h3-5,8-9H,6-7H2,1-2H3,(H,18,19). The lowest BCUT2D eigenvalue weighted by Gasteiger charge is -2.17. The van der Waals surface area contributed by atoms with Crippen molar-refractivity contribution in [1.82, 2.24) is 9.97 Å². The zero-order valence-corrected chi connectivity index (χ0v) is 12.9. The fourth-order valence-electron chi connectivity index (χ4n) is 2.75. The minimum Gasteiger partial charge on any atom is -0.496 e. The van der Waals surface area contributed by atoms with E-state index in [1.54, 1.807) is 14.2 Å². The minimum absolute atomic E-state index is 0.552. The summed E-state index contributed by atoms with van der Waals surface area (Å²) in [5.41, 5.74) is 2.46. The summed E-state index contributed by atoms with van der Waals surface area (Å²) >= 11 is 0. The van der Waals surface area contributed by atoms with Crippen molar-refractivity contribution in [2.75, 3.05) is 27.4 Å². The second kappa shape index (κ2) is 5.39. The molecule has 0 spiro atoms. The van der Waals surface area contributed by atoms with E-state index in [1.165, 1.54) is 0 Å². The highest BCUT2D eigenvalue weighted by atomic mass is 16.6. The number of ether oxygens (including phenoxy) is 4. The Hall–Kier alpha value is -2.89. The van der Waals surface area contributed by atoms with Gasteiger partial charge in [-0.05, 0) is 12.1 Å². The van der Waals surface area contributed by atoms with Crippen LogP contribution < -0.4 is 18.9 Å². The fourth-order valence-corrected chi connectivity index (χ4v) is 2.75. The maximum absolute atomic E-state index is 5.61. The van der Waals surface area contributed by atoms with Gasteiger partial charge in [-0.15, -0.1) is 0 Å². The highest BCUT2D eigenvalue weighted by Crippen LogP contribution is 2.39. The highest BCUT2D eigenvalue weighted by molar-refractivity contribution is 5.85. The Labute approximate surface area is 133 Å². The average Bonchev–Trinajstić information content (AvgIpc) is 3.01. The topological polar surface area (TPSA) is 65.6 Å². The summed E-state index contributed by atoms with van der Waals surface area (Å²) in [6.45, 7) is 1.11. The van der Waals surface area contributed by atoms with Crippen molar-refractivity contribution in [3.05, 3.63) is 30.3 Å². The Bertz CT molecular complexity index is 807. The molecule has 0 fully saturated rings. The van der Waals surface area contributed by atoms with Crippen LogP contribution in [0.15, 0.2) is 30.3 Å². The Morgan fingerprint density at radius 1 is 1.00 bits per heavy atom. The van der Waals surface area contributed by atoms with Crippen molar-refractivity contribution >= 4 is 11.0 Å². The number of aromatic amines is 1. The van der Waals surface area contributed by atoms with E-state index >= 15 is 0 Å². The van der Waals surface area contributed by atoms with E-state index in [0.29, 0.717) is 36.3 Å². The first-order chi connectivity index (χ1) is 11.3. The number of benzene rings is 2. The molecule has 0 amide bonds. The molecule has 0 atom stereocenters. The molecule has 1 aromatic heterocycles. The number of nitrogens with zero attached hydrogens (tertiary/aromatic N) is 1. The maximum atomic E-state index is 5.61. The van der Waals surface area contributed by atoms with E-state index in [4.69, 9.17) is 18.9 Å². The number of nitrogens with one attached hydrogen (secondary N) is 1. The van der Waals surface area contributed by atoms with Gasteiger partial charge < -0.3 is 23.9 Å². The van der Waals surface area contributed by atoms with Crippen LogP contribution in [0.2, 0.25) is 0 Å². The lowest BCUT2D eigenvalue weighted by Crippen LogP contribution is -2.15. The largest absolute Gasteiger partial charge is 0.496 e. The number of fused-ring (bicyclic) bond motifs is 2. The van der Waals surface area contributed by atoms with E-state index in [2.05, 4.69) is 9.97 Å². The number of H-pyrrole nitrogens is 1. The third-order valence-corrected chi connectivity index (χ3v) is 3.81. The molecular weight excluding hydrogens is 296 g/mol. The minimum atomic E-state index is 0.552. The molecule has 6 nitrogen and oxygen atoms in total. The number of hydrogen-bond donors (Lipinski definition) is 1. The van der Waals surface area contributed by atoms with Crippen molar-refractivity contribution in [2.45, 2.75) is 0 Å². The third kappa shape index (κ3) is 2.23. The van der Waals surface area contributed by atoms with Crippen molar-refractivity contribution in [1.29, 1.82) is 0 Å². The van der Waals surface area contributed by atoms with Crippen LogP contribution in [0.3, 0.4) is 0 Å². The van der Waals surface area contributed by atoms with Crippen LogP contribution in [0, 0.1) is 0 Å². The van der Waals surface area contributed by atoms with Gasteiger partial charge in [-0.25, -0.2) is 4.98 Å². The van der Waals surface area contributed by atoms with Gasteiger partial charge in [-0.2, -0.15) is 0 Å². The first kappa shape index (κ1) is 13.8. The maximum Gasteiger partial charge on any atom is 0.163 e. The second-order valence-electron chi connectivity index (χ2n) is 5.14. The summed E-state index contributed by atoms with van der Waals surface area (Å²) < 4.78 is 22.1. The third-order valence-electron chi connectivity index (χ3n) is 3.81. The zero-order valence-electron chi connectivity index (χ0n) is 12.9. The number of aromatic nitrogens is 2. The van der Waals surface area contributed by atoms with Crippen LogP contribution in [0.25, 0.3) is 22.4 Å². The predicted molar refractivity (Wildman–Crippen MR) is 85.6 cm³/mol. The van der Waals surface area contributed by atoms with Crippen LogP contribution in [-0.4, -0.2) is 37.4 Å². The first-order valence-corrected chi connectivity index (χ1v) is 7.31. The van der Waals surface area contributed by atoms with Gasteiger partial charge in [-0.3, -0.25) is 0 Å². The van der Waals surface area contributed by atoms with E-state index in [-0.39, 0.29) is 0 Å². The summed E-state index contributed by atoms with van der Waals surface area (Å²) in [6.07, 6.45) is 0. The Kier molecular flexibility index (Phi) is 3.22. The summed E-state index contributed by atoms with van der Waals surface area (Å²) in [4.78, 5) is 7.96. The molecule has 0 saturated carbocycles. The smallest absolute Gasteiger partial charge is 0.163 e. The fraction of sp³-hybridized carbons (Fsp3) is 0.235. The van der Waals surface area contributed by atoms with E-state index in [1.807, 2.05) is 30.3 Å². The van der Waals surface area contributed by atoms with Crippen molar-refractivity contribution in [3.63, 3.8) is 0 Å². The Morgan fingerprint density at radius 3 is 2.30 bits per heavy atom. The Balaban J connectivity index is 1.90. The van der Waals surface area contributed by atoms with Crippen LogP contribution in [0.4, 0.5) is 0 Å². The van der Waals surface area contributed by atoms with Crippen LogP contribution in [0.1, 0.15) is 0 Å². The van der Waals surface area contributed by atoms with E-state index < -0.39 is 0 Å². The van der Waals surface area contributed by atoms with Crippen LogP contribution in [-0.2, 0) is 0 Å².